The number of carbonyl (C=O) groups excluding carboxylic acids is 2. The van der Waals surface area contributed by atoms with Crippen LogP contribution in [0.5, 0.6) is 0 Å². The Hall–Kier alpha value is -2.91. The molecule has 2 aromatic carbocycles. The average molecular weight is 429 g/mol. The molecule has 2 aromatic rings. The molecule has 158 valence electrons. The van der Waals surface area contributed by atoms with Crippen molar-refractivity contribution in [2.45, 2.75) is 36.6 Å². The molecule has 1 fully saturated rings. The number of nitrogens with one attached hydrogen (secondary N) is 2. The van der Waals surface area contributed by atoms with Crippen LogP contribution in [-0.2, 0) is 21.2 Å². The molecule has 0 radical (unpaired) electrons. The van der Waals surface area contributed by atoms with E-state index in [1.807, 2.05) is 6.07 Å². The number of fused-ring (bicyclic) bond motifs is 3. The van der Waals surface area contributed by atoms with Gasteiger partial charge in [-0.15, -0.1) is 0 Å². The average Bonchev–Trinajstić information content (AvgIpc) is 2.73. The largest absolute Gasteiger partial charge is 0.358 e. The molecule has 0 bridgehead atoms. The van der Waals surface area contributed by atoms with Gasteiger partial charge in [-0.05, 0) is 61.6 Å². The summed E-state index contributed by atoms with van der Waals surface area (Å²) < 4.78 is 22.6. The van der Waals surface area contributed by atoms with E-state index in [1.54, 1.807) is 24.3 Å². The van der Waals surface area contributed by atoms with Crippen LogP contribution in [0.4, 0.5) is 11.4 Å². The quantitative estimate of drug-likeness (QED) is 0.668. The molecule has 2 aliphatic rings. The maximum Gasteiger partial charge on any atom is 0.251 e. The number of hydrogen-bond donors (Lipinski definition) is 3. The number of anilines is 2. The third kappa shape index (κ3) is 4.17. The van der Waals surface area contributed by atoms with Gasteiger partial charge in [-0.2, -0.15) is 0 Å². The third-order valence-corrected chi connectivity index (χ3v) is 6.51. The van der Waals surface area contributed by atoms with Gasteiger partial charge in [0.05, 0.1) is 16.3 Å². The molecule has 0 aliphatic carbocycles. The molecule has 9 heteroatoms. The standard InChI is InChI=1S/C21H24N4O4S/c22-30(28,29)16-7-4-14(5-8-16)10-11-23-20(26)15-6-9-18-17(13-15)24-21(27)19-3-1-2-12-25(18)19/h4-9,13,19H,1-3,10-12H2,(H,23,26)(H,24,27)(H2,22,28,29). The summed E-state index contributed by atoms with van der Waals surface area (Å²) >= 11 is 0. The summed E-state index contributed by atoms with van der Waals surface area (Å²) in [5.41, 5.74) is 3.00. The number of piperidine rings is 1. The Balaban J connectivity index is 1.39. The smallest absolute Gasteiger partial charge is 0.251 e. The molecule has 8 nitrogen and oxygen atoms in total. The molecule has 2 aliphatic heterocycles. The number of nitrogens with two attached hydrogens (primary N) is 1. The molecular formula is C21H24N4O4S. The number of amides is 2. The second kappa shape index (κ2) is 8.08. The van der Waals surface area contributed by atoms with E-state index in [9.17, 15) is 18.0 Å². The summed E-state index contributed by atoms with van der Waals surface area (Å²) in [5.74, 6) is -0.239. The number of carbonyl (C=O) groups is 2. The summed E-state index contributed by atoms with van der Waals surface area (Å²) in [5, 5.41) is 10.9. The minimum absolute atomic E-state index is 0.0114. The van der Waals surface area contributed by atoms with Crippen LogP contribution in [-0.4, -0.2) is 39.4 Å². The third-order valence-electron chi connectivity index (χ3n) is 5.58. The van der Waals surface area contributed by atoms with Gasteiger partial charge in [0.1, 0.15) is 6.04 Å². The number of hydrogen-bond acceptors (Lipinski definition) is 5. The van der Waals surface area contributed by atoms with Crippen LogP contribution in [0.3, 0.4) is 0 Å². The summed E-state index contributed by atoms with van der Waals surface area (Å²) in [4.78, 5) is 27.1. The minimum atomic E-state index is -3.71. The van der Waals surface area contributed by atoms with E-state index < -0.39 is 10.0 Å². The Kier molecular flexibility index (Phi) is 5.48. The fourth-order valence-corrected chi connectivity index (χ4v) is 4.52. The van der Waals surface area contributed by atoms with E-state index in [0.29, 0.717) is 24.2 Å². The van der Waals surface area contributed by atoms with Crippen LogP contribution in [0.2, 0.25) is 0 Å². The van der Waals surface area contributed by atoms with Crippen LogP contribution in [0.15, 0.2) is 47.4 Å². The topological polar surface area (TPSA) is 122 Å². The number of rotatable bonds is 5. The van der Waals surface area contributed by atoms with Crippen LogP contribution >= 0.6 is 0 Å². The Morgan fingerprint density at radius 1 is 1.17 bits per heavy atom. The van der Waals surface area contributed by atoms with Gasteiger partial charge < -0.3 is 15.5 Å². The number of primary sulfonamides is 1. The highest BCUT2D eigenvalue weighted by atomic mass is 32.2. The molecule has 0 aromatic heterocycles. The summed E-state index contributed by atoms with van der Waals surface area (Å²) in [7, 11) is -3.71. The van der Waals surface area contributed by atoms with Gasteiger partial charge >= 0.3 is 0 Å². The normalized spacial score (nSPS) is 18.2. The second-order valence-corrected chi connectivity index (χ2v) is 9.18. The van der Waals surface area contributed by atoms with Crippen LogP contribution < -0.4 is 20.7 Å². The SMILES string of the molecule is NS(=O)(=O)c1ccc(CCNC(=O)c2ccc3c(c2)NC(=O)C2CCCCN32)cc1. The van der Waals surface area contributed by atoms with Gasteiger partial charge in [0.15, 0.2) is 0 Å². The summed E-state index contributed by atoms with van der Waals surface area (Å²) in [6.07, 6.45) is 3.51. The fourth-order valence-electron chi connectivity index (χ4n) is 4.00. The first-order chi connectivity index (χ1) is 14.3. The lowest BCUT2D eigenvalue weighted by atomic mass is 9.97. The van der Waals surface area contributed by atoms with Gasteiger partial charge in [-0.1, -0.05) is 12.1 Å². The lowest BCUT2D eigenvalue weighted by Crippen LogP contribution is -2.50. The van der Waals surface area contributed by atoms with E-state index in [1.165, 1.54) is 12.1 Å². The predicted octanol–water partition coefficient (Wildman–Crippen LogP) is 1.62. The molecule has 0 spiro atoms. The minimum Gasteiger partial charge on any atom is -0.358 e. The Labute approximate surface area is 175 Å². The molecule has 1 saturated heterocycles. The zero-order chi connectivity index (χ0) is 21.3. The first kappa shape index (κ1) is 20.4. The molecule has 1 unspecified atom stereocenters. The Bertz CT molecular complexity index is 1080. The molecule has 2 heterocycles. The van der Waals surface area contributed by atoms with Crippen LogP contribution in [0, 0.1) is 0 Å². The maximum absolute atomic E-state index is 12.5. The number of sulfonamides is 1. The first-order valence-corrected chi connectivity index (χ1v) is 11.5. The van der Waals surface area contributed by atoms with E-state index >= 15 is 0 Å². The van der Waals surface area contributed by atoms with Gasteiger partial charge in [-0.3, -0.25) is 9.59 Å². The molecule has 1 atom stereocenters. The van der Waals surface area contributed by atoms with E-state index in [-0.39, 0.29) is 22.8 Å². The van der Waals surface area contributed by atoms with Gasteiger partial charge in [0.2, 0.25) is 15.9 Å². The highest BCUT2D eigenvalue weighted by Gasteiger charge is 2.34. The molecule has 0 saturated carbocycles. The molecule has 30 heavy (non-hydrogen) atoms. The molecule has 4 N–H and O–H groups in total. The fraction of sp³-hybridized carbons (Fsp3) is 0.333. The summed E-state index contributed by atoms with van der Waals surface area (Å²) in [6.45, 7) is 1.24. The van der Waals surface area contributed by atoms with Crippen molar-refractivity contribution in [3.8, 4) is 0 Å². The molecule has 2 amide bonds. The van der Waals surface area contributed by atoms with Crippen molar-refractivity contribution >= 4 is 33.2 Å². The molecular weight excluding hydrogens is 404 g/mol. The van der Waals surface area contributed by atoms with Crippen molar-refractivity contribution in [1.82, 2.24) is 5.32 Å². The first-order valence-electron chi connectivity index (χ1n) is 9.94. The van der Waals surface area contributed by atoms with Crippen molar-refractivity contribution in [3.63, 3.8) is 0 Å². The highest BCUT2D eigenvalue weighted by Crippen LogP contribution is 2.36. The lowest BCUT2D eigenvalue weighted by Gasteiger charge is -2.41. The predicted molar refractivity (Wildman–Crippen MR) is 114 cm³/mol. The Morgan fingerprint density at radius 3 is 2.67 bits per heavy atom. The number of nitrogens with zero attached hydrogens (tertiary/aromatic N) is 1. The highest BCUT2D eigenvalue weighted by molar-refractivity contribution is 7.89. The van der Waals surface area contributed by atoms with Gasteiger partial charge in [-0.25, -0.2) is 13.6 Å². The van der Waals surface area contributed by atoms with Crippen molar-refractivity contribution in [3.05, 3.63) is 53.6 Å². The second-order valence-electron chi connectivity index (χ2n) is 7.62. The van der Waals surface area contributed by atoms with E-state index in [4.69, 9.17) is 5.14 Å². The van der Waals surface area contributed by atoms with Gasteiger partial charge in [0, 0.05) is 18.7 Å². The van der Waals surface area contributed by atoms with Crippen molar-refractivity contribution in [2.24, 2.45) is 5.14 Å². The monoisotopic (exact) mass is 428 g/mol. The van der Waals surface area contributed by atoms with Crippen molar-refractivity contribution in [1.29, 1.82) is 0 Å². The van der Waals surface area contributed by atoms with Crippen molar-refractivity contribution < 1.29 is 18.0 Å². The van der Waals surface area contributed by atoms with Crippen LogP contribution in [0.1, 0.15) is 35.2 Å². The molecule has 4 rings (SSSR count). The van der Waals surface area contributed by atoms with Gasteiger partial charge in [0.25, 0.3) is 5.91 Å². The zero-order valence-corrected chi connectivity index (χ0v) is 17.2. The van der Waals surface area contributed by atoms with Crippen LogP contribution in [0.25, 0.3) is 0 Å². The number of benzene rings is 2. The summed E-state index contributed by atoms with van der Waals surface area (Å²) in [6, 6.07) is 11.5. The van der Waals surface area contributed by atoms with E-state index in [0.717, 1.165) is 37.1 Å². The maximum atomic E-state index is 12.5. The Morgan fingerprint density at radius 2 is 1.93 bits per heavy atom. The zero-order valence-electron chi connectivity index (χ0n) is 16.4. The lowest BCUT2D eigenvalue weighted by molar-refractivity contribution is -0.118. The van der Waals surface area contributed by atoms with Crippen molar-refractivity contribution in [2.75, 3.05) is 23.3 Å². The van der Waals surface area contributed by atoms with E-state index in [2.05, 4.69) is 15.5 Å².